The lowest BCUT2D eigenvalue weighted by Crippen LogP contribution is -2.28. The molecule has 0 aromatic rings. The molecule has 1 saturated heterocycles. The first-order valence-electron chi connectivity index (χ1n) is 7.70. The molecule has 1 fully saturated rings. The van der Waals surface area contributed by atoms with Gasteiger partial charge >= 0.3 is 0 Å². The van der Waals surface area contributed by atoms with Gasteiger partial charge in [0, 0.05) is 13.2 Å². The molecule has 0 spiro atoms. The molecule has 0 radical (unpaired) electrons. The minimum Gasteiger partial charge on any atom is -0.378 e. The van der Waals surface area contributed by atoms with Crippen molar-refractivity contribution in [1.29, 1.82) is 0 Å². The van der Waals surface area contributed by atoms with Gasteiger partial charge in [0.05, 0.1) is 6.10 Å². The summed E-state index contributed by atoms with van der Waals surface area (Å²) in [6, 6.07) is 0. The number of unbranched alkanes of at least 4 members (excludes halogenated alkanes) is 5. The SMILES string of the molecule is CCCCCCCCNCC1CCOC1CC. The van der Waals surface area contributed by atoms with E-state index in [2.05, 4.69) is 19.2 Å². The van der Waals surface area contributed by atoms with Gasteiger partial charge in [-0.1, -0.05) is 46.0 Å². The van der Waals surface area contributed by atoms with E-state index in [0.717, 1.165) is 19.1 Å². The highest BCUT2D eigenvalue weighted by atomic mass is 16.5. The van der Waals surface area contributed by atoms with E-state index in [1.54, 1.807) is 0 Å². The predicted octanol–water partition coefficient (Wildman–Crippen LogP) is 3.75. The maximum Gasteiger partial charge on any atom is 0.0613 e. The van der Waals surface area contributed by atoms with Gasteiger partial charge in [-0.15, -0.1) is 0 Å². The Hall–Kier alpha value is -0.0800. The van der Waals surface area contributed by atoms with Crippen molar-refractivity contribution in [3.05, 3.63) is 0 Å². The number of nitrogens with one attached hydrogen (secondary N) is 1. The molecule has 0 amide bonds. The van der Waals surface area contributed by atoms with Gasteiger partial charge in [0.15, 0.2) is 0 Å². The van der Waals surface area contributed by atoms with Gasteiger partial charge in [-0.05, 0) is 31.7 Å². The van der Waals surface area contributed by atoms with Crippen LogP contribution in [0.3, 0.4) is 0 Å². The van der Waals surface area contributed by atoms with Crippen molar-refractivity contribution in [3.63, 3.8) is 0 Å². The normalized spacial score (nSPS) is 24.4. The first-order valence-corrected chi connectivity index (χ1v) is 7.70. The van der Waals surface area contributed by atoms with Crippen LogP contribution in [-0.2, 0) is 4.74 Å². The highest BCUT2D eigenvalue weighted by molar-refractivity contribution is 4.76. The molecule has 2 heteroatoms. The van der Waals surface area contributed by atoms with Crippen LogP contribution < -0.4 is 5.32 Å². The minimum absolute atomic E-state index is 0.520. The third-order valence-corrected chi connectivity index (χ3v) is 3.86. The third kappa shape index (κ3) is 6.42. The van der Waals surface area contributed by atoms with Crippen LogP contribution in [0.15, 0.2) is 0 Å². The smallest absolute Gasteiger partial charge is 0.0613 e. The predicted molar refractivity (Wildman–Crippen MR) is 74.4 cm³/mol. The van der Waals surface area contributed by atoms with Crippen molar-refractivity contribution in [2.75, 3.05) is 19.7 Å². The standard InChI is InChI=1S/C15H31NO/c1-3-5-6-7-8-9-11-16-13-14-10-12-17-15(14)4-2/h14-16H,3-13H2,1-2H3. The average molecular weight is 241 g/mol. The van der Waals surface area contributed by atoms with Crippen molar-refractivity contribution in [3.8, 4) is 0 Å². The number of hydrogen-bond donors (Lipinski definition) is 1. The summed E-state index contributed by atoms with van der Waals surface area (Å²) in [7, 11) is 0. The molecule has 2 unspecified atom stereocenters. The van der Waals surface area contributed by atoms with Crippen LogP contribution in [0, 0.1) is 5.92 Å². The van der Waals surface area contributed by atoms with Crippen molar-refractivity contribution in [1.82, 2.24) is 5.32 Å². The molecule has 2 atom stereocenters. The van der Waals surface area contributed by atoms with E-state index in [9.17, 15) is 0 Å². The molecule has 0 bridgehead atoms. The lowest BCUT2D eigenvalue weighted by molar-refractivity contribution is 0.0873. The average Bonchev–Trinajstić information content (AvgIpc) is 2.80. The second-order valence-electron chi connectivity index (χ2n) is 5.34. The van der Waals surface area contributed by atoms with Crippen LogP contribution >= 0.6 is 0 Å². The molecule has 1 N–H and O–H groups in total. The molecule has 1 rings (SSSR count). The summed E-state index contributed by atoms with van der Waals surface area (Å²) in [4.78, 5) is 0. The molecular weight excluding hydrogens is 210 g/mol. The minimum atomic E-state index is 0.520. The van der Waals surface area contributed by atoms with Gasteiger partial charge in [-0.2, -0.15) is 0 Å². The van der Waals surface area contributed by atoms with E-state index in [1.807, 2.05) is 0 Å². The second-order valence-corrected chi connectivity index (χ2v) is 5.34. The largest absolute Gasteiger partial charge is 0.378 e. The first kappa shape index (κ1) is 15.0. The summed E-state index contributed by atoms with van der Waals surface area (Å²) in [5.41, 5.74) is 0. The molecule has 1 heterocycles. The second kappa shape index (κ2) is 9.90. The van der Waals surface area contributed by atoms with Gasteiger partial charge < -0.3 is 10.1 Å². The molecule has 0 saturated carbocycles. The van der Waals surface area contributed by atoms with Crippen LogP contribution in [0.1, 0.15) is 65.2 Å². The van der Waals surface area contributed by atoms with E-state index < -0.39 is 0 Å². The molecule has 2 nitrogen and oxygen atoms in total. The maximum absolute atomic E-state index is 5.70. The van der Waals surface area contributed by atoms with E-state index in [4.69, 9.17) is 4.74 Å². The fourth-order valence-electron chi connectivity index (χ4n) is 2.70. The van der Waals surface area contributed by atoms with Gasteiger partial charge in [-0.25, -0.2) is 0 Å². The summed E-state index contributed by atoms with van der Waals surface area (Å²) < 4.78 is 5.70. The van der Waals surface area contributed by atoms with Gasteiger partial charge in [0.1, 0.15) is 0 Å². The van der Waals surface area contributed by atoms with Crippen molar-refractivity contribution >= 4 is 0 Å². The van der Waals surface area contributed by atoms with E-state index in [-0.39, 0.29) is 0 Å². The van der Waals surface area contributed by atoms with E-state index in [1.165, 1.54) is 57.9 Å². The topological polar surface area (TPSA) is 21.3 Å². The lowest BCUT2D eigenvalue weighted by atomic mass is 10.00. The van der Waals surface area contributed by atoms with Crippen LogP contribution in [0.25, 0.3) is 0 Å². The molecule has 17 heavy (non-hydrogen) atoms. The summed E-state index contributed by atoms with van der Waals surface area (Å²) in [6.07, 6.45) is 11.3. The molecule has 1 aliphatic heterocycles. The third-order valence-electron chi connectivity index (χ3n) is 3.86. The number of hydrogen-bond acceptors (Lipinski definition) is 2. The Balaban J connectivity index is 1.87. The molecular formula is C15H31NO. The Kier molecular flexibility index (Phi) is 8.72. The van der Waals surface area contributed by atoms with E-state index >= 15 is 0 Å². The molecule has 0 aromatic carbocycles. The molecule has 0 aliphatic carbocycles. The van der Waals surface area contributed by atoms with Crippen molar-refractivity contribution < 1.29 is 4.74 Å². The van der Waals surface area contributed by atoms with Crippen molar-refractivity contribution in [2.45, 2.75) is 71.3 Å². The Bertz CT molecular complexity index is 172. The highest BCUT2D eigenvalue weighted by Crippen LogP contribution is 2.22. The highest BCUT2D eigenvalue weighted by Gasteiger charge is 2.25. The molecule has 1 aliphatic rings. The van der Waals surface area contributed by atoms with Gasteiger partial charge in [0.2, 0.25) is 0 Å². The maximum atomic E-state index is 5.70. The van der Waals surface area contributed by atoms with Gasteiger partial charge in [0.25, 0.3) is 0 Å². The number of ether oxygens (including phenoxy) is 1. The fourth-order valence-corrected chi connectivity index (χ4v) is 2.70. The van der Waals surface area contributed by atoms with E-state index in [0.29, 0.717) is 6.10 Å². The zero-order valence-electron chi connectivity index (χ0n) is 11.8. The summed E-state index contributed by atoms with van der Waals surface area (Å²) in [5.74, 6) is 0.764. The monoisotopic (exact) mass is 241 g/mol. The Morgan fingerprint density at radius 2 is 1.82 bits per heavy atom. The zero-order chi connectivity index (χ0) is 12.3. The van der Waals surface area contributed by atoms with Crippen LogP contribution in [0.4, 0.5) is 0 Å². The van der Waals surface area contributed by atoms with Crippen LogP contribution in [0.2, 0.25) is 0 Å². The van der Waals surface area contributed by atoms with Crippen LogP contribution in [0.5, 0.6) is 0 Å². The molecule has 0 aromatic heterocycles. The number of rotatable bonds is 10. The Morgan fingerprint density at radius 3 is 2.59 bits per heavy atom. The Morgan fingerprint density at radius 1 is 1.06 bits per heavy atom. The quantitative estimate of drug-likeness (QED) is 0.588. The summed E-state index contributed by atoms with van der Waals surface area (Å²) >= 11 is 0. The summed E-state index contributed by atoms with van der Waals surface area (Å²) in [6.45, 7) is 7.83. The summed E-state index contributed by atoms with van der Waals surface area (Å²) in [5, 5.41) is 3.60. The van der Waals surface area contributed by atoms with Gasteiger partial charge in [-0.3, -0.25) is 0 Å². The Labute approximate surface area is 108 Å². The fraction of sp³-hybridized carbons (Fsp3) is 1.00. The first-order chi connectivity index (χ1) is 8.38. The van der Waals surface area contributed by atoms with Crippen molar-refractivity contribution in [2.24, 2.45) is 5.92 Å². The molecule has 102 valence electrons. The van der Waals surface area contributed by atoms with Crippen LogP contribution in [-0.4, -0.2) is 25.8 Å². The lowest BCUT2D eigenvalue weighted by Gasteiger charge is -2.17. The zero-order valence-corrected chi connectivity index (χ0v) is 11.8.